The SMILES string of the molecule is C=C(CN1CCS(=O)CC1)[B-](F)(F)F. The van der Waals surface area contributed by atoms with Crippen molar-refractivity contribution in [3.8, 4) is 0 Å². The Balaban J connectivity index is 2.38. The van der Waals surface area contributed by atoms with Crippen LogP contribution in [0.2, 0.25) is 0 Å². The standard InChI is InChI=1S/C7H12BF3NOS/c1-7(8(9,10)11)6-12-2-4-14(13)5-3-12/h1-6H2/q-1. The normalized spacial score (nSPS) is 21.1. The predicted octanol–water partition coefficient (Wildman–Crippen LogP) is 0.994. The summed E-state index contributed by atoms with van der Waals surface area (Å²) in [6.45, 7) is -1.10. The highest BCUT2D eigenvalue weighted by Crippen LogP contribution is 2.19. The van der Waals surface area contributed by atoms with Crippen molar-refractivity contribution >= 4 is 17.8 Å². The molecule has 1 heterocycles. The molecule has 1 fully saturated rings. The largest absolute Gasteiger partial charge is 0.506 e. The van der Waals surface area contributed by atoms with E-state index in [-0.39, 0.29) is 6.54 Å². The number of hydrogen-bond acceptors (Lipinski definition) is 2. The number of rotatable bonds is 3. The van der Waals surface area contributed by atoms with Crippen molar-refractivity contribution < 1.29 is 17.2 Å². The molecule has 0 spiro atoms. The molecule has 0 radical (unpaired) electrons. The van der Waals surface area contributed by atoms with Crippen LogP contribution >= 0.6 is 0 Å². The molecule has 0 aromatic heterocycles. The number of hydrogen-bond donors (Lipinski definition) is 0. The first-order valence-electron chi connectivity index (χ1n) is 4.34. The van der Waals surface area contributed by atoms with Crippen molar-refractivity contribution in [3.63, 3.8) is 0 Å². The van der Waals surface area contributed by atoms with Gasteiger partial charge < -0.3 is 17.8 Å². The van der Waals surface area contributed by atoms with Crippen LogP contribution in [0.1, 0.15) is 0 Å². The fourth-order valence-corrected chi connectivity index (χ4v) is 2.35. The van der Waals surface area contributed by atoms with Crippen LogP contribution in [0.15, 0.2) is 12.1 Å². The summed E-state index contributed by atoms with van der Waals surface area (Å²) in [5.74, 6) is 0.941. The molecule has 0 saturated carbocycles. The van der Waals surface area contributed by atoms with Gasteiger partial charge in [0.2, 0.25) is 0 Å². The first-order chi connectivity index (χ1) is 6.39. The van der Waals surface area contributed by atoms with Crippen molar-refractivity contribution in [2.75, 3.05) is 31.1 Å². The molecule has 0 aromatic rings. The van der Waals surface area contributed by atoms with Gasteiger partial charge in [0.25, 0.3) is 0 Å². The molecule has 0 atom stereocenters. The molecule has 1 rings (SSSR count). The van der Waals surface area contributed by atoms with E-state index in [1.807, 2.05) is 0 Å². The van der Waals surface area contributed by atoms with Crippen LogP contribution in [-0.4, -0.2) is 47.2 Å². The van der Waals surface area contributed by atoms with Gasteiger partial charge in [-0.15, -0.1) is 12.1 Å². The maximum absolute atomic E-state index is 12.2. The third-order valence-corrected chi connectivity index (χ3v) is 3.44. The average Bonchev–Trinajstić information content (AvgIpc) is 2.07. The minimum absolute atomic E-state index is 0.138. The maximum atomic E-state index is 12.2. The first-order valence-corrected chi connectivity index (χ1v) is 5.83. The Hall–Kier alpha value is -0.295. The van der Waals surface area contributed by atoms with Crippen LogP contribution in [0.3, 0.4) is 0 Å². The van der Waals surface area contributed by atoms with E-state index in [0.717, 1.165) is 0 Å². The van der Waals surface area contributed by atoms with Gasteiger partial charge in [-0.2, -0.15) is 0 Å². The van der Waals surface area contributed by atoms with Crippen LogP contribution in [0, 0.1) is 0 Å². The van der Waals surface area contributed by atoms with Crippen LogP contribution in [-0.2, 0) is 10.8 Å². The van der Waals surface area contributed by atoms with Crippen molar-refractivity contribution in [1.29, 1.82) is 0 Å². The fraction of sp³-hybridized carbons (Fsp3) is 0.714. The highest BCUT2D eigenvalue weighted by Gasteiger charge is 2.28. The lowest BCUT2D eigenvalue weighted by Crippen LogP contribution is -2.41. The Morgan fingerprint density at radius 2 is 1.86 bits per heavy atom. The number of halogens is 3. The predicted molar refractivity (Wildman–Crippen MR) is 52.5 cm³/mol. The molecule has 0 N–H and O–H groups in total. The third kappa shape index (κ3) is 3.45. The van der Waals surface area contributed by atoms with Gasteiger partial charge >= 0.3 is 6.98 Å². The van der Waals surface area contributed by atoms with E-state index < -0.39 is 23.2 Å². The monoisotopic (exact) mass is 226 g/mol. The zero-order chi connectivity index (χ0) is 10.8. The van der Waals surface area contributed by atoms with Gasteiger partial charge in [0, 0.05) is 35.4 Å². The maximum Gasteiger partial charge on any atom is 0.506 e. The highest BCUT2D eigenvalue weighted by molar-refractivity contribution is 7.85. The molecular weight excluding hydrogens is 214 g/mol. The van der Waals surface area contributed by atoms with Gasteiger partial charge in [0.15, 0.2) is 0 Å². The van der Waals surface area contributed by atoms with E-state index in [2.05, 4.69) is 6.58 Å². The van der Waals surface area contributed by atoms with Gasteiger partial charge in [-0.1, -0.05) is 0 Å². The Morgan fingerprint density at radius 3 is 2.29 bits per heavy atom. The van der Waals surface area contributed by atoms with Gasteiger partial charge in [-0.05, 0) is 6.54 Å². The summed E-state index contributed by atoms with van der Waals surface area (Å²) >= 11 is 0. The molecule has 1 aliphatic heterocycles. The molecule has 1 aliphatic rings. The van der Waals surface area contributed by atoms with Crippen LogP contribution in [0.4, 0.5) is 12.9 Å². The van der Waals surface area contributed by atoms with Gasteiger partial charge in [-0.25, -0.2) is 0 Å². The quantitative estimate of drug-likeness (QED) is 0.669. The summed E-state index contributed by atoms with van der Waals surface area (Å²) in [5.41, 5.74) is -0.669. The second-order valence-electron chi connectivity index (χ2n) is 3.36. The van der Waals surface area contributed by atoms with Crippen molar-refractivity contribution in [2.24, 2.45) is 0 Å². The second kappa shape index (κ2) is 4.48. The molecule has 0 amide bonds. The Bertz CT molecular complexity index is 246. The van der Waals surface area contributed by atoms with E-state index in [4.69, 9.17) is 0 Å². The summed E-state index contributed by atoms with van der Waals surface area (Å²) in [5, 5.41) is 0. The molecule has 0 bridgehead atoms. The zero-order valence-corrected chi connectivity index (χ0v) is 8.53. The summed E-state index contributed by atoms with van der Waals surface area (Å²) in [7, 11) is -0.844. The van der Waals surface area contributed by atoms with E-state index in [9.17, 15) is 17.2 Å². The number of nitrogens with zero attached hydrogens (tertiary/aromatic N) is 1. The van der Waals surface area contributed by atoms with E-state index in [0.29, 0.717) is 24.6 Å². The molecule has 0 unspecified atom stereocenters. The molecule has 0 aliphatic carbocycles. The van der Waals surface area contributed by atoms with Gasteiger partial charge in [0.1, 0.15) is 0 Å². The van der Waals surface area contributed by atoms with Gasteiger partial charge in [-0.3, -0.25) is 4.21 Å². The Labute approximate surface area is 83.7 Å². The first kappa shape index (κ1) is 11.8. The highest BCUT2D eigenvalue weighted by atomic mass is 32.2. The van der Waals surface area contributed by atoms with Crippen LogP contribution in [0.25, 0.3) is 0 Å². The molecule has 7 heteroatoms. The second-order valence-corrected chi connectivity index (χ2v) is 5.05. The summed E-state index contributed by atoms with van der Waals surface area (Å²) in [6, 6.07) is 0. The molecule has 1 saturated heterocycles. The summed E-state index contributed by atoms with van der Waals surface area (Å²) in [4.78, 5) is 1.65. The molecule has 82 valence electrons. The lowest BCUT2D eigenvalue weighted by molar-refractivity contribution is 0.322. The Morgan fingerprint density at radius 1 is 1.36 bits per heavy atom. The molecular formula is C7H12BF3NOS-. The third-order valence-electron chi connectivity index (χ3n) is 2.16. The summed E-state index contributed by atoms with van der Waals surface area (Å²) in [6.07, 6.45) is 0. The lowest BCUT2D eigenvalue weighted by Gasteiger charge is -2.30. The topological polar surface area (TPSA) is 20.3 Å². The van der Waals surface area contributed by atoms with E-state index >= 15 is 0 Å². The Kier molecular flexibility index (Phi) is 3.77. The molecule has 14 heavy (non-hydrogen) atoms. The van der Waals surface area contributed by atoms with E-state index in [1.165, 1.54) is 0 Å². The minimum Gasteiger partial charge on any atom is -0.445 e. The van der Waals surface area contributed by atoms with Crippen LogP contribution in [0.5, 0.6) is 0 Å². The molecule has 2 nitrogen and oxygen atoms in total. The van der Waals surface area contributed by atoms with E-state index in [1.54, 1.807) is 4.90 Å². The van der Waals surface area contributed by atoms with Crippen molar-refractivity contribution in [1.82, 2.24) is 4.90 Å². The lowest BCUT2D eigenvalue weighted by atomic mass is 9.80. The van der Waals surface area contributed by atoms with Crippen molar-refractivity contribution in [2.45, 2.75) is 0 Å². The zero-order valence-electron chi connectivity index (χ0n) is 7.72. The fourth-order valence-electron chi connectivity index (χ4n) is 1.22. The average molecular weight is 226 g/mol. The molecule has 0 aromatic carbocycles. The summed E-state index contributed by atoms with van der Waals surface area (Å²) < 4.78 is 47.4. The van der Waals surface area contributed by atoms with Crippen molar-refractivity contribution in [3.05, 3.63) is 12.1 Å². The van der Waals surface area contributed by atoms with Gasteiger partial charge in [0.05, 0.1) is 0 Å². The minimum atomic E-state index is -4.92. The smallest absolute Gasteiger partial charge is 0.445 e. The van der Waals surface area contributed by atoms with Crippen LogP contribution < -0.4 is 0 Å².